The Morgan fingerprint density at radius 3 is 2.94 bits per heavy atom. The summed E-state index contributed by atoms with van der Waals surface area (Å²) >= 11 is 3.21. The molecule has 1 atom stereocenters. The average Bonchev–Trinajstić information content (AvgIpc) is 2.80. The van der Waals surface area contributed by atoms with Gasteiger partial charge in [-0.1, -0.05) is 15.9 Å². The van der Waals surface area contributed by atoms with Crippen LogP contribution in [0.2, 0.25) is 0 Å². The highest BCUT2D eigenvalue weighted by molar-refractivity contribution is 9.10. The Kier molecular flexibility index (Phi) is 5.84. The summed E-state index contributed by atoms with van der Waals surface area (Å²) in [5.74, 6) is 0.781. The molecule has 1 saturated heterocycles. The van der Waals surface area contributed by atoms with Crippen molar-refractivity contribution in [2.75, 3.05) is 19.7 Å². The van der Waals surface area contributed by atoms with Crippen LogP contribution in [0.1, 0.15) is 6.42 Å². The van der Waals surface area contributed by atoms with Gasteiger partial charge in [0.15, 0.2) is 5.75 Å². The Labute approximate surface area is 120 Å². The summed E-state index contributed by atoms with van der Waals surface area (Å²) in [7, 11) is 0. The Morgan fingerprint density at radius 1 is 1.56 bits per heavy atom. The molecule has 1 aliphatic heterocycles. The van der Waals surface area contributed by atoms with Crippen LogP contribution in [-0.4, -0.2) is 24.6 Å². The van der Waals surface area contributed by atoms with Crippen molar-refractivity contribution in [3.63, 3.8) is 0 Å². The second-order valence-electron chi connectivity index (χ2n) is 4.04. The fourth-order valence-corrected chi connectivity index (χ4v) is 2.17. The van der Waals surface area contributed by atoms with Gasteiger partial charge in [-0.25, -0.2) is 0 Å². The van der Waals surface area contributed by atoms with E-state index in [0.29, 0.717) is 22.7 Å². The SMILES string of the molecule is Cl.O=[N+]([O-])c1cc(Br)ccc1OCC1CCNC1. The van der Waals surface area contributed by atoms with Gasteiger partial charge in [-0.05, 0) is 25.1 Å². The maximum atomic E-state index is 10.9. The third-order valence-electron chi connectivity index (χ3n) is 2.75. The van der Waals surface area contributed by atoms with Crippen molar-refractivity contribution in [1.82, 2.24) is 5.32 Å². The highest BCUT2D eigenvalue weighted by Gasteiger charge is 2.19. The molecule has 0 spiro atoms. The number of nitro benzene ring substituents is 1. The normalized spacial score (nSPS) is 18.2. The number of nitrogens with one attached hydrogen (secondary N) is 1. The summed E-state index contributed by atoms with van der Waals surface area (Å²) in [6.45, 7) is 2.44. The zero-order valence-electron chi connectivity index (χ0n) is 9.60. The van der Waals surface area contributed by atoms with Gasteiger partial charge in [0.2, 0.25) is 0 Å². The van der Waals surface area contributed by atoms with Crippen LogP contribution in [0.3, 0.4) is 0 Å². The van der Waals surface area contributed by atoms with E-state index in [4.69, 9.17) is 4.74 Å². The average molecular weight is 338 g/mol. The van der Waals surface area contributed by atoms with Gasteiger partial charge in [-0.2, -0.15) is 0 Å². The largest absolute Gasteiger partial charge is 0.486 e. The van der Waals surface area contributed by atoms with Gasteiger partial charge in [0, 0.05) is 23.0 Å². The van der Waals surface area contributed by atoms with E-state index < -0.39 is 4.92 Å². The minimum absolute atomic E-state index is 0. The fraction of sp³-hybridized carbons (Fsp3) is 0.455. The second kappa shape index (κ2) is 6.92. The van der Waals surface area contributed by atoms with Gasteiger partial charge in [0.25, 0.3) is 0 Å². The fourth-order valence-electron chi connectivity index (χ4n) is 1.82. The van der Waals surface area contributed by atoms with Crippen LogP contribution in [0, 0.1) is 16.0 Å². The number of halogens is 2. The number of hydrogen-bond acceptors (Lipinski definition) is 4. The van der Waals surface area contributed by atoms with Crippen molar-refractivity contribution >= 4 is 34.0 Å². The molecule has 0 radical (unpaired) electrons. The maximum Gasteiger partial charge on any atom is 0.312 e. The van der Waals surface area contributed by atoms with Crippen molar-refractivity contribution in [2.45, 2.75) is 6.42 Å². The first kappa shape index (κ1) is 15.2. The molecule has 1 aromatic carbocycles. The lowest BCUT2D eigenvalue weighted by Gasteiger charge is -2.11. The molecule has 1 unspecified atom stereocenters. The van der Waals surface area contributed by atoms with E-state index in [1.54, 1.807) is 12.1 Å². The Balaban J connectivity index is 0.00000162. The summed E-state index contributed by atoms with van der Waals surface area (Å²) < 4.78 is 6.21. The van der Waals surface area contributed by atoms with Crippen molar-refractivity contribution in [3.05, 3.63) is 32.8 Å². The predicted octanol–water partition coefficient (Wildman–Crippen LogP) is 2.77. The highest BCUT2D eigenvalue weighted by atomic mass is 79.9. The van der Waals surface area contributed by atoms with E-state index in [-0.39, 0.29) is 18.1 Å². The zero-order chi connectivity index (χ0) is 12.3. The minimum Gasteiger partial charge on any atom is -0.486 e. The van der Waals surface area contributed by atoms with Crippen LogP contribution in [0.25, 0.3) is 0 Å². The number of nitro groups is 1. The first-order valence-electron chi connectivity index (χ1n) is 5.44. The van der Waals surface area contributed by atoms with Gasteiger partial charge in [-0.3, -0.25) is 10.1 Å². The van der Waals surface area contributed by atoms with Crippen LogP contribution < -0.4 is 10.1 Å². The topological polar surface area (TPSA) is 64.4 Å². The van der Waals surface area contributed by atoms with Crippen LogP contribution in [0.5, 0.6) is 5.75 Å². The molecule has 1 fully saturated rings. The van der Waals surface area contributed by atoms with E-state index in [9.17, 15) is 10.1 Å². The maximum absolute atomic E-state index is 10.9. The minimum atomic E-state index is -0.424. The van der Waals surface area contributed by atoms with Gasteiger partial charge in [-0.15, -0.1) is 12.4 Å². The number of nitrogens with zero attached hydrogens (tertiary/aromatic N) is 1. The molecule has 1 aromatic rings. The number of benzene rings is 1. The first-order valence-corrected chi connectivity index (χ1v) is 6.23. The molecule has 0 aliphatic carbocycles. The van der Waals surface area contributed by atoms with Crippen LogP contribution in [-0.2, 0) is 0 Å². The van der Waals surface area contributed by atoms with Gasteiger partial charge in [0.05, 0.1) is 11.5 Å². The lowest BCUT2D eigenvalue weighted by atomic mass is 10.1. The van der Waals surface area contributed by atoms with Gasteiger partial charge < -0.3 is 10.1 Å². The molecular formula is C11H14BrClN2O3. The van der Waals surface area contributed by atoms with Crippen LogP contribution >= 0.6 is 28.3 Å². The smallest absolute Gasteiger partial charge is 0.312 e. The van der Waals surface area contributed by atoms with Crippen molar-refractivity contribution < 1.29 is 9.66 Å². The summed E-state index contributed by atoms with van der Waals surface area (Å²) in [5.41, 5.74) is 0.00494. The molecule has 7 heteroatoms. The third kappa shape index (κ3) is 3.83. The van der Waals surface area contributed by atoms with Gasteiger partial charge in [0.1, 0.15) is 0 Å². The molecule has 0 amide bonds. The predicted molar refractivity (Wildman–Crippen MR) is 74.5 cm³/mol. The zero-order valence-corrected chi connectivity index (χ0v) is 12.0. The molecule has 0 bridgehead atoms. The quantitative estimate of drug-likeness (QED) is 0.678. The lowest BCUT2D eigenvalue weighted by molar-refractivity contribution is -0.386. The molecule has 1 heterocycles. The van der Waals surface area contributed by atoms with Crippen molar-refractivity contribution in [2.24, 2.45) is 5.92 Å². The van der Waals surface area contributed by atoms with Crippen LogP contribution in [0.4, 0.5) is 5.69 Å². The molecule has 2 rings (SSSR count). The molecule has 0 aromatic heterocycles. The second-order valence-corrected chi connectivity index (χ2v) is 4.95. The standard InChI is InChI=1S/C11H13BrN2O3.ClH/c12-9-1-2-11(10(5-9)14(15)16)17-7-8-3-4-13-6-8;/h1-2,5,8,13H,3-4,6-7H2;1H. The number of ether oxygens (including phenoxy) is 1. The molecular weight excluding hydrogens is 323 g/mol. The Morgan fingerprint density at radius 2 is 2.33 bits per heavy atom. The first-order chi connectivity index (χ1) is 8.16. The van der Waals surface area contributed by atoms with E-state index in [1.165, 1.54) is 6.07 Å². The molecule has 0 saturated carbocycles. The Hall–Kier alpha value is -0.850. The van der Waals surface area contributed by atoms with Gasteiger partial charge >= 0.3 is 5.69 Å². The third-order valence-corrected chi connectivity index (χ3v) is 3.25. The van der Waals surface area contributed by atoms with E-state index >= 15 is 0 Å². The van der Waals surface area contributed by atoms with E-state index in [0.717, 1.165) is 19.5 Å². The monoisotopic (exact) mass is 336 g/mol. The molecule has 1 aliphatic rings. The summed E-state index contributed by atoms with van der Waals surface area (Å²) in [6.07, 6.45) is 1.06. The van der Waals surface area contributed by atoms with Crippen molar-refractivity contribution in [3.8, 4) is 5.75 Å². The lowest BCUT2D eigenvalue weighted by Crippen LogP contribution is -2.15. The molecule has 18 heavy (non-hydrogen) atoms. The number of hydrogen-bond donors (Lipinski definition) is 1. The van der Waals surface area contributed by atoms with E-state index in [2.05, 4.69) is 21.2 Å². The molecule has 1 N–H and O–H groups in total. The summed E-state index contributed by atoms with van der Waals surface area (Å²) in [5, 5.41) is 14.1. The van der Waals surface area contributed by atoms with E-state index in [1.807, 2.05) is 0 Å². The van der Waals surface area contributed by atoms with Crippen LogP contribution in [0.15, 0.2) is 22.7 Å². The summed E-state index contributed by atoms with van der Waals surface area (Å²) in [4.78, 5) is 10.4. The Bertz CT molecular complexity index is 425. The summed E-state index contributed by atoms with van der Waals surface area (Å²) in [6, 6.07) is 4.84. The highest BCUT2D eigenvalue weighted by Crippen LogP contribution is 2.30. The molecule has 5 nitrogen and oxygen atoms in total. The molecule has 100 valence electrons. The number of rotatable bonds is 4. The van der Waals surface area contributed by atoms with Crippen molar-refractivity contribution in [1.29, 1.82) is 0 Å².